The van der Waals surface area contributed by atoms with Crippen LogP contribution in [0, 0.1) is 0 Å². The van der Waals surface area contributed by atoms with Crippen LogP contribution >= 0.6 is 0 Å². The number of benzene rings is 2. The van der Waals surface area contributed by atoms with Gasteiger partial charge < -0.3 is 9.64 Å². The minimum absolute atomic E-state index is 0.0807. The molecule has 148 valence electrons. The van der Waals surface area contributed by atoms with Crippen molar-refractivity contribution >= 4 is 21.9 Å². The second-order valence-electron chi connectivity index (χ2n) is 6.72. The average molecular weight is 402 g/mol. The molecule has 0 aromatic heterocycles. The molecule has 3 rings (SSSR count). The average Bonchev–Trinajstić information content (AvgIpc) is 2.71. The number of sulfonamides is 1. The highest BCUT2D eigenvalue weighted by atomic mass is 32.2. The fourth-order valence-corrected chi connectivity index (χ4v) is 3.89. The van der Waals surface area contributed by atoms with Crippen LogP contribution in [-0.4, -0.2) is 56.7 Å². The Kier molecular flexibility index (Phi) is 5.81. The molecule has 0 bridgehead atoms. The summed E-state index contributed by atoms with van der Waals surface area (Å²) in [5.74, 6) is -0.922. The van der Waals surface area contributed by atoms with E-state index in [1.807, 2.05) is 18.2 Å². The molecule has 0 saturated carbocycles. The minimum atomic E-state index is -3.56. The van der Waals surface area contributed by atoms with Gasteiger partial charge in [0.25, 0.3) is 5.91 Å². The van der Waals surface area contributed by atoms with E-state index in [0.717, 1.165) is 16.3 Å². The third-order valence-electron chi connectivity index (χ3n) is 4.68. The van der Waals surface area contributed by atoms with Crippen LogP contribution in [0.4, 0.5) is 0 Å². The Bertz CT molecular complexity index is 984. The van der Waals surface area contributed by atoms with Crippen molar-refractivity contribution in [2.45, 2.75) is 17.9 Å². The number of amides is 1. The molecule has 1 aliphatic rings. The Morgan fingerprint density at radius 2 is 1.68 bits per heavy atom. The van der Waals surface area contributed by atoms with Crippen molar-refractivity contribution in [1.82, 2.24) is 9.21 Å². The molecular weight excluding hydrogens is 380 g/mol. The molecular formula is C20H22N2O5S. The summed E-state index contributed by atoms with van der Waals surface area (Å²) in [6, 6.07) is 13.4. The van der Waals surface area contributed by atoms with E-state index in [2.05, 4.69) is 6.07 Å². The van der Waals surface area contributed by atoms with Gasteiger partial charge in [0.2, 0.25) is 10.0 Å². The highest BCUT2D eigenvalue weighted by Gasteiger charge is 2.22. The monoisotopic (exact) mass is 402 g/mol. The number of esters is 1. The van der Waals surface area contributed by atoms with Crippen molar-refractivity contribution in [2.75, 3.05) is 27.2 Å². The van der Waals surface area contributed by atoms with Gasteiger partial charge in [-0.1, -0.05) is 24.3 Å². The van der Waals surface area contributed by atoms with Crippen molar-refractivity contribution in [2.24, 2.45) is 0 Å². The van der Waals surface area contributed by atoms with Crippen LogP contribution in [0.5, 0.6) is 0 Å². The number of ether oxygens (including phenoxy) is 1. The molecule has 0 N–H and O–H groups in total. The zero-order valence-electron chi connectivity index (χ0n) is 15.8. The minimum Gasteiger partial charge on any atom is -0.452 e. The maximum atomic E-state index is 12.4. The van der Waals surface area contributed by atoms with Crippen molar-refractivity contribution < 1.29 is 22.7 Å². The molecule has 1 heterocycles. The second kappa shape index (κ2) is 8.12. The van der Waals surface area contributed by atoms with E-state index in [1.165, 1.54) is 43.9 Å². The highest BCUT2D eigenvalue weighted by Crippen LogP contribution is 2.19. The molecule has 1 aliphatic heterocycles. The molecule has 28 heavy (non-hydrogen) atoms. The van der Waals surface area contributed by atoms with Crippen molar-refractivity contribution in [3.05, 3.63) is 65.2 Å². The first kappa shape index (κ1) is 20.0. The first-order valence-corrected chi connectivity index (χ1v) is 10.3. The first-order chi connectivity index (χ1) is 13.3. The van der Waals surface area contributed by atoms with Crippen LogP contribution in [0.1, 0.15) is 21.5 Å². The lowest BCUT2D eigenvalue weighted by molar-refractivity contribution is -0.135. The quantitative estimate of drug-likeness (QED) is 0.711. The molecule has 0 atom stereocenters. The highest BCUT2D eigenvalue weighted by molar-refractivity contribution is 7.89. The summed E-state index contributed by atoms with van der Waals surface area (Å²) in [5, 5.41) is 0. The summed E-state index contributed by atoms with van der Waals surface area (Å²) in [6.07, 6.45) is 0.775. The van der Waals surface area contributed by atoms with E-state index < -0.39 is 16.0 Å². The normalized spacial score (nSPS) is 13.9. The van der Waals surface area contributed by atoms with Crippen molar-refractivity contribution in [3.63, 3.8) is 0 Å². The smallest absolute Gasteiger partial charge is 0.338 e. The van der Waals surface area contributed by atoms with Gasteiger partial charge in [-0.15, -0.1) is 0 Å². The van der Waals surface area contributed by atoms with E-state index in [0.29, 0.717) is 13.1 Å². The van der Waals surface area contributed by atoms with Crippen LogP contribution < -0.4 is 0 Å². The topological polar surface area (TPSA) is 84.0 Å². The molecule has 0 saturated heterocycles. The Balaban J connectivity index is 1.58. The summed E-state index contributed by atoms with van der Waals surface area (Å²) in [6.45, 7) is 0.743. The standard InChI is InChI=1S/C20H22N2O5S/c1-21(2)28(25,26)18-9-7-16(8-10-18)20(24)27-14-19(23)22-12-11-15-5-3-4-6-17(15)13-22/h3-10H,11-14H2,1-2H3. The summed E-state index contributed by atoms with van der Waals surface area (Å²) in [7, 11) is -0.698. The van der Waals surface area contributed by atoms with Gasteiger partial charge in [0.1, 0.15) is 0 Å². The van der Waals surface area contributed by atoms with Gasteiger partial charge in [-0.25, -0.2) is 17.5 Å². The van der Waals surface area contributed by atoms with E-state index >= 15 is 0 Å². The van der Waals surface area contributed by atoms with Crippen molar-refractivity contribution in [1.29, 1.82) is 0 Å². The predicted molar refractivity (Wildman–Crippen MR) is 103 cm³/mol. The third-order valence-corrected chi connectivity index (χ3v) is 6.51. The van der Waals surface area contributed by atoms with Gasteiger partial charge in [0.05, 0.1) is 10.5 Å². The Morgan fingerprint density at radius 3 is 2.32 bits per heavy atom. The lowest BCUT2D eigenvalue weighted by Crippen LogP contribution is -2.38. The van der Waals surface area contributed by atoms with Crippen LogP contribution in [0.2, 0.25) is 0 Å². The number of fused-ring (bicyclic) bond motifs is 1. The van der Waals surface area contributed by atoms with Gasteiger partial charge in [0, 0.05) is 27.2 Å². The summed E-state index contributed by atoms with van der Waals surface area (Å²) in [5.41, 5.74) is 2.52. The molecule has 0 radical (unpaired) electrons. The number of carbonyl (C=O) groups excluding carboxylic acids is 2. The lowest BCUT2D eigenvalue weighted by Gasteiger charge is -2.28. The molecule has 0 fully saturated rings. The van der Waals surface area contributed by atoms with Crippen LogP contribution in [-0.2, 0) is 32.5 Å². The fourth-order valence-electron chi connectivity index (χ4n) is 2.98. The Morgan fingerprint density at radius 1 is 1.04 bits per heavy atom. The van der Waals surface area contributed by atoms with Crippen molar-refractivity contribution in [3.8, 4) is 0 Å². The molecule has 7 nitrogen and oxygen atoms in total. The van der Waals surface area contributed by atoms with Gasteiger partial charge in [0.15, 0.2) is 6.61 Å². The number of nitrogens with zero attached hydrogens (tertiary/aromatic N) is 2. The summed E-state index contributed by atoms with van der Waals surface area (Å²) >= 11 is 0. The van der Waals surface area contributed by atoms with Gasteiger partial charge >= 0.3 is 5.97 Å². The Labute approximate surface area is 164 Å². The number of rotatable bonds is 5. The van der Waals surface area contributed by atoms with E-state index in [4.69, 9.17) is 4.74 Å². The summed E-state index contributed by atoms with van der Waals surface area (Å²) < 4.78 is 30.3. The largest absolute Gasteiger partial charge is 0.452 e. The zero-order chi connectivity index (χ0) is 20.3. The predicted octanol–water partition coefficient (Wildman–Crippen LogP) is 1.68. The second-order valence-corrected chi connectivity index (χ2v) is 8.87. The Hall–Kier alpha value is -2.71. The SMILES string of the molecule is CN(C)S(=O)(=O)c1ccc(C(=O)OCC(=O)N2CCc3ccccc3C2)cc1. The van der Waals surface area contributed by atoms with E-state index in [9.17, 15) is 18.0 Å². The number of carbonyl (C=O) groups is 2. The van der Waals surface area contributed by atoms with Crippen LogP contribution in [0.3, 0.4) is 0 Å². The number of hydrogen-bond acceptors (Lipinski definition) is 5. The molecule has 2 aromatic rings. The molecule has 1 amide bonds. The van der Waals surface area contributed by atoms with Gasteiger partial charge in [-0.05, 0) is 41.8 Å². The zero-order valence-corrected chi connectivity index (χ0v) is 16.6. The maximum absolute atomic E-state index is 12.4. The van der Waals surface area contributed by atoms with Gasteiger partial charge in [-0.2, -0.15) is 0 Å². The van der Waals surface area contributed by atoms with E-state index in [-0.39, 0.29) is 23.0 Å². The maximum Gasteiger partial charge on any atom is 0.338 e. The molecule has 2 aromatic carbocycles. The molecule has 0 spiro atoms. The van der Waals surface area contributed by atoms with Crippen LogP contribution in [0.15, 0.2) is 53.4 Å². The van der Waals surface area contributed by atoms with E-state index in [1.54, 1.807) is 4.90 Å². The molecule has 0 aliphatic carbocycles. The number of hydrogen-bond donors (Lipinski definition) is 0. The molecule has 0 unspecified atom stereocenters. The third kappa shape index (κ3) is 4.23. The first-order valence-electron chi connectivity index (χ1n) is 8.83. The summed E-state index contributed by atoms with van der Waals surface area (Å²) in [4.78, 5) is 26.3. The van der Waals surface area contributed by atoms with Crippen LogP contribution in [0.25, 0.3) is 0 Å². The lowest BCUT2D eigenvalue weighted by atomic mass is 10.00. The molecule has 8 heteroatoms. The fraction of sp³-hybridized carbons (Fsp3) is 0.300. The van der Waals surface area contributed by atoms with Gasteiger partial charge in [-0.3, -0.25) is 4.79 Å².